The van der Waals surface area contributed by atoms with Crippen molar-refractivity contribution in [1.82, 2.24) is 0 Å². The van der Waals surface area contributed by atoms with Crippen LogP contribution in [0.1, 0.15) is 26.7 Å². The van der Waals surface area contributed by atoms with E-state index in [0.29, 0.717) is 6.42 Å². The molecule has 0 N–H and O–H groups in total. The predicted molar refractivity (Wildman–Crippen MR) is 59.0 cm³/mol. The molecule has 13 heavy (non-hydrogen) atoms. The van der Waals surface area contributed by atoms with Crippen LogP contribution in [0.4, 0.5) is 0 Å². The Balaban J connectivity index is 4.24. The molecule has 0 aromatic carbocycles. The Bertz CT molecular complexity index is 173. The first-order chi connectivity index (χ1) is 5.69. The summed E-state index contributed by atoms with van der Waals surface area (Å²) in [6, 6.07) is 0. The maximum absolute atomic E-state index is 10.3. The Morgan fingerprint density at radius 3 is 2.08 bits per heavy atom. The molecule has 0 amide bonds. The normalized spacial score (nSPS) is 15.5. The van der Waals surface area contributed by atoms with Gasteiger partial charge in [0, 0.05) is 18.2 Å². The summed E-state index contributed by atoms with van der Waals surface area (Å²) in [5.74, 6) is 0. The summed E-state index contributed by atoms with van der Waals surface area (Å²) in [6.07, 6.45) is 1.43. The SMILES string of the molecule is CC(C)(CC=O)C(Cl)CC(Cl)(Cl)Cl. The minimum atomic E-state index is -1.35. The van der Waals surface area contributed by atoms with Gasteiger partial charge in [0.05, 0.1) is 0 Å². The minimum Gasteiger partial charge on any atom is -0.303 e. The van der Waals surface area contributed by atoms with Crippen LogP contribution in [0, 0.1) is 5.41 Å². The standard InChI is InChI=1S/C8H12Cl4O/c1-7(2,3-4-13)6(9)5-8(10,11)12/h4,6H,3,5H2,1-2H3. The third kappa shape index (κ3) is 6.01. The van der Waals surface area contributed by atoms with E-state index in [-0.39, 0.29) is 17.2 Å². The van der Waals surface area contributed by atoms with Gasteiger partial charge < -0.3 is 4.79 Å². The van der Waals surface area contributed by atoms with Crippen LogP contribution in [0.15, 0.2) is 0 Å². The molecule has 0 rings (SSSR count). The van der Waals surface area contributed by atoms with Gasteiger partial charge in [-0.2, -0.15) is 0 Å². The van der Waals surface area contributed by atoms with E-state index in [2.05, 4.69) is 0 Å². The fourth-order valence-electron chi connectivity index (χ4n) is 0.822. The van der Waals surface area contributed by atoms with Crippen LogP contribution in [0.2, 0.25) is 0 Å². The number of halogens is 4. The van der Waals surface area contributed by atoms with Gasteiger partial charge in [-0.25, -0.2) is 0 Å². The van der Waals surface area contributed by atoms with Gasteiger partial charge in [0.25, 0.3) is 0 Å². The number of hydrogen-bond donors (Lipinski definition) is 0. The Morgan fingerprint density at radius 2 is 1.77 bits per heavy atom. The van der Waals surface area contributed by atoms with Crippen molar-refractivity contribution in [3.63, 3.8) is 0 Å². The van der Waals surface area contributed by atoms with Crippen LogP contribution in [-0.4, -0.2) is 15.5 Å². The zero-order valence-corrected chi connectivity index (χ0v) is 10.5. The first-order valence-corrected chi connectivity index (χ1v) is 5.40. The second-order valence-corrected chi connectivity index (χ2v) is 6.69. The number of carbonyl (C=O) groups is 1. The van der Waals surface area contributed by atoms with Crippen LogP contribution in [0.25, 0.3) is 0 Å². The molecule has 0 spiro atoms. The molecule has 1 atom stereocenters. The van der Waals surface area contributed by atoms with Gasteiger partial charge in [-0.3, -0.25) is 0 Å². The third-order valence-corrected chi connectivity index (χ3v) is 3.08. The number of alkyl halides is 4. The molecule has 1 nitrogen and oxygen atoms in total. The van der Waals surface area contributed by atoms with E-state index in [0.717, 1.165) is 6.29 Å². The van der Waals surface area contributed by atoms with Crippen molar-refractivity contribution in [3.05, 3.63) is 0 Å². The fraction of sp³-hybridized carbons (Fsp3) is 0.875. The summed E-state index contributed by atoms with van der Waals surface area (Å²) in [5.41, 5.74) is -0.340. The Kier molecular flexibility index (Phi) is 5.39. The van der Waals surface area contributed by atoms with Gasteiger partial charge in [-0.1, -0.05) is 48.7 Å². The molecule has 0 aliphatic carbocycles. The smallest absolute Gasteiger partial charge is 0.192 e. The second-order valence-electron chi connectivity index (χ2n) is 3.65. The van der Waals surface area contributed by atoms with E-state index in [1.807, 2.05) is 13.8 Å². The van der Waals surface area contributed by atoms with Crippen molar-refractivity contribution in [1.29, 1.82) is 0 Å². The van der Waals surface area contributed by atoms with Gasteiger partial charge in [0.1, 0.15) is 6.29 Å². The van der Waals surface area contributed by atoms with Crippen molar-refractivity contribution in [3.8, 4) is 0 Å². The first kappa shape index (κ1) is 13.8. The monoisotopic (exact) mass is 264 g/mol. The molecule has 0 radical (unpaired) electrons. The molecule has 0 saturated carbocycles. The van der Waals surface area contributed by atoms with Crippen molar-refractivity contribution in [2.45, 2.75) is 35.9 Å². The highest BCUT2D eigenvalue weighted by atomic mass is 35.6. The van der Waals surface area contributed by atoms with Crippen LogP contribution in [-0.2, 0) is 4.79 Å². The average molecular weight is 266 g/mol. The number of carbonyl (C=O) groups excluding carboxylic acids is 1. The van der Waals surface area contributed by atoms with Gasteiger partial charge in [-0.05, 0) is 5.41 Å². The summed E-state index contributed by atoms with van der Waals surface area (Å²) in [4.78, 5) is 10.3. The van der Waals surface area contributed by atoms with Gasteiger partial charge in [0.15, 0.2) is 3.79 Å². The van der Waals surface area contributed by atoms with Gasteiger partial charge in [0.2, 0.25) is 0 Å². The molecule has 0 fully saturated rings. The lowest BCUT2D eigenvalue weighted by Gasteiger charge is -2.30. The summed E-state index contributed by atoms with van der Waals surface area (Å²) >= 11 is 22.8. The van der Waals surface area contributed by atoms with E-state index in [4.69, 9.17) is 46.4 Å². The molecule has 0 saturated heterocycles. The van der Waals surface area contributed by atoms with E-state index < -0.39 is 3.79 Å². The fourth-order valence-corrected chi connectivity index (χ4v) is 1.84. The van der Waals surface area contributed by atoms with Crippen LogP contribution < -0.4 is 0 Å². The van der Waals surface area contributed by atoms with Crippen molar-refractivity contribution in [2.24, 2.45) is 5.41 Å². The van der Waals surface area contributed by atoms with E-state index in [9.17, 15) is 4.79 Å². The zero-order chi connectivity index (χ0) is 10.7. The summed E-state index contributed by atoms with van der Waals surface area (Å²) in [6.45, 7) is 3.74. The van der Waals surface area contributed by atoms with Crippen LogP contribution >= 0.6 is 46.4 Å². The lowest BCUT2D eigenvalue weighted by atomic mass is 9.84. The summed E-state index contributed by atoms with van der Waals surface area (Å²) in [7, 11) is 0. The summed E-state index contributed by atoms with van der Waals surface area (Å²) in [5, 5.41) is -0.329. The van der Waals surface area contributed by atoms with E-state index in [1.54, 1.807) is 0 Å². The summed E-state index contributed by atoms with van der Waals surface area (Å²) < 4.78 is -1.35. The number of aldehydes is 1. The highest BCUT2D eigenvalue weighted by Crippen LogP contribution is 2.40. The van der Waals surface area contributed by atoms with E-state index in [1.165, 1.54) is 0 Å². The molecule has 0 aromatic heterocycles. The maximum Gasteiger partial charge on any atom is 0.192 e. The Hall–Kier alpha value is 0.830. The quantitative estimate of drug-likeness (QED) is 0.555. The highest BCUT2D eigenvalue weighted by Gasteiger charge is 2.34. The third-order valence-electron chi connectivity index (χ3n) is 1.87. The molecule has 0 aliphatic rings. The molecule has 0 bridgehead atoms. The molecular formula is C8H12Cl4O. The Morgan fingerprint density at radius 1 is 1.31 bits per heavy atom. The molecule has 78 valence electrons. The Labute approximate surface area is 98.7 Å². The molecule has 0 aromatic rings. The molecule has 0 heterocycles. The average Bonchev–Trinajstić information content (AvgIpc) is 1.82. The van der Waals surface area contributed by atoms with Crippen LogP contribution in [0.5, 0.6) is 0 Å². The van der Waals surface area contributed by atoms with Gasteiger partial charge >= 0.3 is 0 Å². The minimum absolute atomic E-state index is 0.236. The lowest BCUT2D eigenvalue weighted by molar-refractivity contribution is -0.109. The predicted octanol–water partition coefficient (Wildman–Crippen LogP) is 3.97. The van der Waals surface area contributed by atoms with Crippen molar-refractivity contribution < 1.29 is 4.79 Å². The molecular weight excluding hydrogens is 254 g/mol. The maximum atomic E-state index is 10.3. The lowest BCUT2D eigenvalue weighted by Crippen LogP contribution is -2.29. The molecule has 5 heteroatoms. The van der Waals surface area contributed by atoms with Crippen LogP contribution in [0.3, 0.4) is 0 Å². The van der Waals surface area contributed by atoms with Crippen molar-refractivity contribution in [2.75, 3.05) is 0 Å². The zero-order valence-electron chi connectivity index (χ0n) is 7.49. The topological polar surface area (TPSA) is 17.1 Å². The first-order valence-electron chi connectivity index (χ1n) is 3.83. The molecule has 0 aliphatic heterocycles. The second kappa shape index (κ2) is 5.06. The van der Waals surface area contributed by atoms with Crippen molar-refractivity contribution >= 4 is 52.7 Å². The number of rotatable bonds is 4. The number of hydrogen-bond acceptors (Lipinski definition) is 1. The molecule has 1 unspecified atom stereocenters. The van der Waals surface area contributed by atoms with Gasteiger partial charge in [-0.15, -0.1) is 11.6 Å². The van der Waals surface area contributed by atoms with E-state index >= 15 is 0 Å². The largest absolute Gasteiger partial charge is 0.303 e. The highest BCUT2D eigenvalue weighted by molar-refractivity contribution is 6.67.